The predicted octanol–water partition coefficient (Wildman–Crippen LogP) is 7.12. The Morgan fingerprint density at radius 3 is 2.47 bits per heavy atom. The van der Waals surface area contributed by atoms with Crippen LogP contribution in [0.5, 0.6) is 5.75 Å². The average Bonchev–Trinajstić information content (AvgIpc) is 3.50. The van der Waals surface area contributed by atoms with Crippen molar-refractivity contribution in [3.05, 3.63) is 87.2 Å². The van der Waals surface area contributed by atoms with Gasteiger partial charge in [-0.15, -0.1) is 12.4 Å². The molecular formula is C33H33Cl3FN3O5. The molecule has 6 rings (SSSR count). The lowest BCUT2D eigenvalue weighted by atomic mass is 9.62. The van der Waals surface area contributed by atoms with Crippen LogP contribution < -0.4 is 15.0 Å². The molecule has 8 nitrogen and oxygen atoms in total. The summed E-state index contributed by atoms with van der Waals surface area (Å²) in [6.07, 6.45) is -0.129. The van der Waals surface area contributed by atoms with E-state index in [2.05, 4.69) is 26.1 Å². The Balaban J connectivity index is 0.00000400. The number of rotatable bonds is 5. The fraction of sp³-hybridized carbons (Fsp3) is 0.364. The summed E-state index contributed by atoms with van der Waals surface area (Å²) in [7, 11) is 1.41. The highest BCUT2D eigenvalue weighted by molar-refractivity contribution is 6.31. The molecular weight excluding hydrogens is 644 g/mol. The highest BCUT2D eigenvalue weighted by atomic mass is 35.5. The molecule has 0 bridgehead atoms. The Hall–Kier alpha value is -3.37. The van der Waals surface area contributed by atoms with Gasteiger partial charge in [0.05, 0.1) is 29.5 Å². The summed E-state index contributed by atoms with van der Waals surface area (Å²) in [5.41, 5.74) is 0.0471. The van der Waals surface area contributed by atoms with Crippen molar-refractivity contribution < 1.29 is 28.6 Å². The zero-order valence-corrected chi connectivity index (χ0v) is 27.6. The van der Waals surface area contributed by atoms with Gasteiger partial charge in [-0.1, -0.05) is 62.2 Å². The number of carbonyl (C=O) groups is 3. The number of amides is 2. The van der Waals surface area contributed by atoms with Crippen LogP contribution >= 0.6 is 35.6 Å². The third-order valence-corrected chi connectivity index (χ3v) is 9.70. The molecule has 2 amide bonds. The zero-order valence-electron chi connectivity index (χ0n) is 25.2. The third-order valence-electron chi connectivity index (χ3n) is 9.17. The number of nitrogens with one attached hydrogen (secondary N) is 1. The zero-order chi connectivity index (χ0) is 31.9. The maximum absolute atomic E-state index is 16.2. The van der Waals surface area contributed by atoms with Crippen LogP contribution in [0.3, 0.4) is 0 Å². The van der Waals surface area contributed by atoms with Gasteiger partial charge in [-0.3, -0.25) is 19.4 Å². The molecule has 2 saturated heterocycles. The molecule has 45 heavy (non-hydrogen) atoms. The van der Waals surface area contributed by atoms with E-state index in [9.17, 15) is 19.5 Å². The van der Waals surface area contributed by atoms with Gasteiger partial charge in [0.25, 0.3) is 0 Å². The standard InChI is InChI=1S/C33H32Cl2FN3O5.ClH/c1-16-38(23-12-9-17(30(41)42)13-24(23)44-5)29(40)28-26(19-7-6-8-21(35)27(19)36)33(25(39(16)28)15-32(2,3)4)20-11-10-18(34)14-22(20)37-31(33)43;/h6-14,16,25-26,28H,15H2,1-5H3,(H,37,43)(H,41,42);1H/t16-,25+,26+,28-,33-;/m1./s1. The van der Waals surface area contributed by atoms with E-state index in [1.807, 2.05) is 11.8 Å². The normalized spacial score (nSPS) is 25.6. The van der Waals surface area contributed by atoms with E-state index in [-0.39, 0.29) is 51.5 Å². The Bertz CT molecular complexity index is 1730. The highest BCUT2D eigenvalue weighted by Gasteiger charge is 2.72. The number of methoxy groups -OCH3 is 1. The SMILES string of the molecule is COc1cc(C(=O)O)ccc1N1C(=O)[C@H]2[C@H](c3cccc(Cl)c3F)[C@]3(C(=O)Nc4cc(Cl)ccc43)[C@H](CC(C)(C)C)N2[C@@H]1C.Cl. The second-order valence-corrected chi connectivity index (χ2v) is 13.7. The number of fused-ring (bicyclic) bond motifs is 3. The van der Waals surface area contributed by atoms with Crippen molar-refractivity contribution in [2.75, 3.05) is 17.3 Å². The van der Waals surface area contributed by atoms with Gasteiger partial charge in [0.15, 0.2) is 0 Å². The quantitative estimate of drug-likeness (QED) is 0.299. The number of aromatic carboxylic acids is 1. The van der Waals surface area contributed by atoms with Gasteiger partial charge in [-0.2, -0.15) is 0 Å². The molecule has 12 heteroatoms. The van der Waals surface area contributed by atoms with E-state index in [0.29, 0.717) is 28.4 Å². The van der Waals surface area contributed by atoms with Gasteiger partial charge in [-0.25, -0.2) is 9.18 Å². The van der Waals surface area contributed by atoms with Crippen molar-refractivity contribution in [2.24, 2.45) is 5.41 Å². The van der Waals surface area contributed by atoms with Gasteiger partial charge in [0, 0.05) is 22.7 Å². The maximum atomic E-state index is 16.2. The molecule has 0 aromatic heterocycles. The Morgan fingerprint density at radius 1 is 1.11 bits per heavy atom. The van der Waals surface area contributed by atoms with Crippen molar-refractivity contribution in [3.63, 3.8) is 0 Å². The lowest BCUT2D eigenvalue weighted by molar-refractivity contribution is -0.122. The van der Waals surface area contributed by atoms with Crippen LogP contribution in [0.4, 0.5) is 15.8 Å². The average molecular weight is 677 g/mol. The van der Waals surface area contributed by atoms with Crippen LogP contribution in [0.15, 0.2) is 54.6 Å². The number of hydrogen-bond donors (Lipinski definition) is 2. The number of carboxylic acids is 1. The monoisotopic (exact) mass is 675 g/mol. The summed E-state index contributed by atoms with van der Waals surface area (Å²) in [6, 6.07) is 12.6. The minimum absolute atomic E-state index is 0. The number of anilines is 2. The first-order valence-corrected chi connectivity index (χ1v) is 15.0. The second kappa shape index (κ2) is 11.5. The van der Waals surface area contributed by atoms with Crippen LogP contribution in [0.25, 0.3) is 0 Å². The summed E-state index contributed by atoms with van der Waals surface area (Å²) < 4.78 is 21.7. The van der Waals surface area contributed by atoms with Crippen LogP contribution in [0.1, 0.15) is 61.5 Å². The molecule has 0 saturated carbocycles. The largest absolute Gasteiger partial charge is 0.495 e. The summed E-state index contributed by atoms with van der Waals surface area (Å²) in [6.45, 7) is 8.05. The van der Waals surface area contributed by atoms with Gasteiger partial charge in [0.2, 0.25) is 11.8 Å². The number of halogens is 4. The highest BCUT2D eigenvalue weighted by Crippen LogP contribution is 2.63. The number of carbonyl (C=O) groups excluding carboxylic acids is 2. The van der Waals surface area contributed by atoms with Crippen molar-refractivity contribution in [1.29, 1.82) is 0 Å². The van der Waals surface area contributed by atoms with Crippen LogP contribution in [-0.4, -0.2) is 53.1 Å². The molecule has 3 aliphatic rings. The first-order chi connectivity index (χ1) is 20.7. The number of hydrogen-bond acceptors (Lipinski definition) is 5. The smallest absolute Gasteiger partial charge is 0.335 e. The van der Waals surface area contributed by atoms with Crippen molar-refractivity contribution in [3.8, 4) is 5.75 Å². The van der Waals surface area contributed by atoms with E-state index in [0.717, 1.165) is 0 Å². The van der Waals surface area contributed by atoms with E-state index in [4.69, 9.17) is 27.9 Å². The second-order valence-electron chi connectivity index (χ2n) is 12.8. The molecule has 3 aromatic carbocycles. The van der Waals surface area contributed by atoms with Crippen LogP contribution in [-0.2, 0) is 15.0 Å². The number of ether oxygens (including phenoxy) is 1. The molecule has 3 aromatic rings. The number of nitrogens with zero attached hydrogens (tertiary/aromatic N) is 2. The number of benzene rings is 3. The van der Waals surface area contributed by atoms with Gasteiger partial charge in [0.1, 0.15) is 23.0 Å². The fourth-order valence-electron chi connectivity index (χ4n) is 7.60. The molecule has 0 aliphatic carbocycles. The minimum Gasteiger partial charge on any atom is -0.495 e. The molecule has 2 N–H and O–H groups in total. The van der Waals surface area contributed by atoms with E-state index >= 15 is 4.39 Å². The van der Waals surface area contributed by atoms with Gasteiger partial charge < -0.3 is 15.2 Å². The predicted molar refractivity (Wildman–Crippen MR) is 174 cm³/mol. The molecule has 0 unspecified atom stereocenters. The third kappa shape index (κ3) is 4.87. The van der Waals surface area contributed by atoms with Gasteiger partial charge in [-0.05, 0) is 66.3 Å². The van der Waals surface area contributed by atoms with Crippen LogP contribution in [0, 0.1) is 11.2 Å². The first-order valence-electron chi connectivity index (χ1n) is 14.3. The molecule has 1 spiro atoms. The van der Waals surface area contributed by atoms with E-state index < -0.39 is 41.4 Å². The molecule has 5 atom stereocenters. The Morgan fingerprint density at radius 2 is 1.82 bits per heavy atom. The molecule has 3 aliphatic heterocycles. The molecule has 0 radical (unpaired) electrons. The first kappa shape index (κ1) is 33.0. The summed E-state index contributed by atoms with van der Waals surface area (Å²) in [5.74, 6) is -3.29. The van der Waals surface area contributed by atoms with Gasteiger partial charge >= 0.3 is 5.97 Å². The van der Waals surface area contributed by atoms with Crippen LogP contribution in [0.2, 0.25) is 10.0 Å². The van der Waals surface area contributed by atoms with E-state index in [1.165, 1.54) is 25.3 Å². The maximum Gasteiger partial charge on any atom is 0.335 e. The summed E-state index contributed by atoms with van der Waals surface area (Å²) in [4.78, 5) is 44.6. The fourth-order valence-corrected chi connectivity index (χ4v) is 7.95. The minimum atomic E-state index is -1.36. The Labute approximate surface area is 276 Å². The Kier molecular flexibility index (Phi) is 8.40. The van der Waals surface area contributed by atoms with E-state index in [1.54, 1.807) is 41.3 Å². The van der Waals surface area contributed by atoms with Crippen molar-refractivity contribution >= 4 is 64.8 Å². The molecule has 2 fully saturated rings. The lowest BCUT2D eigenvalue weighted by Crippen LogP contribution is -2.54. The lowest BCUT2D eigenvalue weighted by Gasteiger charge is -2.42. The summed E-state index contributed by atoms with van der Waals surface area (Å²) >= 11 is 12.7. The molecule has 3 heterocycles. The summed E-state index contributed by atoms with van der Waals surface area (Å²) in [5, 5.41) is 12.9. The van der Waals surface area contributed by atoms with Crippen molar-refractivity contribution in [1.82, 2.24) is 4.90 Å². The number of carboxylic acid groups (broad SMARTS) is 1. The molecule has 238 valence electrons. The van der Waals surface area contributed by atoms with Crippen molar-refractivity contribution in [2.45, 2.75) is 63.7 Å². The topological polar surface area (TPSA) is 99.2 Å².